The number of pyridine rings is 1. The highest BCUT2D eigenvalue weighted by atomic mass is 16.2. The summed E-state index contributed by atoms with van der Waals surface area (Å²) in [5, 5.41) is 4.78. The predicted octanol–water partition coefficient (Wildman–Crippen LogP) is 2.51. The second-order valence-electron chi connectivity index (χ2n) is 9.80. The van der Waals surface area contributed by atoms with Crippen molar-refractivity contribution in [2.24, 2.45) is 0 Å². The number of aromatic amines is 1. The minimum atomic E-state index is -1.25. The summed E-state index contributed by atoms with van der Waals surface area (Å²) in [5.74, 6) is -0.749. The van der Waals surface area contributed by atoms with Crippen molar-refractivity contribution in [3.8, 4) is 0 Å². The first-order chi connectivity index (χ1) is 17.8. The first kappa shape index (κ1) is 23.0. The monoisotopic (exact) mass is 498 g/mol. The number of nitrogens with zero attached hydrogens (tertiary/aromatic N) is 4. The number of aromatic nitrogens is 3. The van der Waals surface area contributed by atoms with E-state index in [4.69, 9.17) is 0 Å². The van der Waals surface area contributed by atoms with Gasteiger partial charge in [-0.15, -0.1) is 0 Å². The SMILES string of the molecule is CC1(c2ccc3ccccc3c2)NC(=O)N(CC(=O)N2CCC(n3c(=O)[nH]c4cccnc43)CC2)C1=O. The van der Waals surface area contributed by atoms with E-state index in [1.54, 1.807) is 28.7 Å². The van der Waals surface area contributed by atoms with Crippen LogP contribution in [0.25, 0.3) is 21.9 Å². The topological polar surface area (TPSA) is 120 Å². The van der Waals surface area contributed by atoms with Gasteiger partial charge in [-0.3, -0.25) is 19.1 Å². The molecule has 0 aliphatic carbocycles. The lowest BCUT2D eigenvalue weighted by Crippen LogP contribution is -2.47. The molecule has 2 N–H and O–H groups in total. The number of nitrogens with one attached hydrogen (secondary N) is 2. The quantitative estimate of drug-likeness (QED) is 0.419. The molecular formula is C27H26N6O4. The Balaban J connectivity index is 1.14. The van der Waals surface area contributed by atoms with E-state index in [2.05, 4.69) is 15.3 Å². The molecule has 2 aliphatic rings. The molecule has 10 nitrogen and oxygen atoms in total. The Hall–Kier alpha value is -4.47. The molecule has 2 aromatic heterocycles. The third kappa shape index (κ3) is 3.76. The third-order valence-electron chi connectivity index (χ3n) is 7.55. The number of H-pyrrole nitrogens is 1. The molecule has 2 aromatic carbocycles. The van der Waals surface area contributed by atoms with Crippen LogP contribution in [0.3, 0.4) is 0 Å². The molecule has 1 unspecified atom stereocenters. The Morgan fingerprint density at radius 2 is 1.78 bits per heavy atom. The van der Waals surface area contributed by atoms with E-state index in [9.17, 15) is 19.2 Å². The van der Waals surface area contributed by atoms with E-state index >= 15 is 0 Å². The first-order valence-electron chi connectivity index (χ1n) is 12.3. The van der Waals surface area contributed by atoms with Crippen LogP contribution in [0.5, 0.6) is 0 Å². The Kier molecular flexibility index (Phi) is 5.32. The van der Waals surface area contributed by atoms with Crippen molar-refractivity contribution in [3.05, 3.63) is 76.8 Å². The molecule has 4 amide bonds. The van der Waals surface area contributed by atoms with Gasteiger partial charge < -0.3 is 15.2 Å². The average Bonchev–Trinajstić information content (AvgIpc) is 3.36. The highest BCUT2D eigenvalue weighted by molar-refractivity contribution is 6.09. The van der Waals surface area contributed by atoms with Gasteiger partial charge in [-0.2, -0.15) is 0 Å². The standard InChI is InChI=1S/C27H26N6O4/c1-27(19-9-8-17-5-2-3-6-18(17)15-19)24(35)32(26(37)30-27)16-22(34)31-13-10-20(11-14-31)33-23-21(29-25(33)36)7-4-12-28-23/h2-9,12,15,20H,10-11,13-14,16H2,1H3,(H,29,36)(H,30,37). The number of hydrogen-bond acceptors (Lipinski definition) is 5. The van der Waals surface area contributed by atoms with Gasteiger partial charge in [0.25, 0.3) is 5.91 Å². The van der Waals surface area contributed by atoms with Crippen molar-refractivity contribution in [2.45, 2.75) is 31.3 Å². The molecule has 10 heteroatoms. The van der Waals surface area contributed by atoms with Gasteiger partial charge in [0.1, 0.15) is 12.1 Å². The van der Waals surface area contributed by atoms with E-state index < -0.39 is 17.5 Å². The van der Waals surface area contributed by atoms with Crippen LogP contribution in [-0.4, -0.2) is 61.8 Å². The van der Waals surface area contributed by atoms with Gasteiger partial charge in [0.2, 0.25) is 5.91 Å². The van der Waals surface area contributed by atoms with Crippen molar-refractivity contribution in [1.82, 2.24) is 29.7 Å². The van der Waals surface area contributed by atoms with Gasteiger partial charge in [-0.1, -0.05) is 36.4 Å². The van der Waals surface area contributed by atoms with Crippen LogP contribution in [0.1, 0.15) is 31.4 Å². The molecule has 188 valence electrons. The zero-order valence-corrected chi connectivity index (χ0v) is 20.3. The fourth-order valence-electron chi connectivity index (χ4n) is 5.44. The predicted molar refractivity (Wildman–Crippen MR) is 137 cm³/mol. The molecule has 0 bridgehead atoms. The number of carbonyl (C=O) groups is 3. The minimum absolute atomic E-state index is 0.0897. The molecule has 4 aromatic rings. The fraction of sp³-hybridized carbons (Fsp3) is 0.296. The van der Waals surface area contributed by atoms with Gasteiger partial charge in [0.05, 0.1) is 5.52 Å². The van der Waals surface area contributed by atoms with Crippen molar-refractivity contribution in [2.75, 3.05) is 19.6 Å². The number of rotatable bonds is 4. The number of amides is 4. The minimum Gasteiger partial charge on any atom is -0.341 e. The van der Waals surface area contributed by atoms with Crippen molar-refractivity contribution in [1.29, 1.82) is 0 Å². The molecule has 4 heterocycles. The fourth-order valence-corrected chi connectivity index (χ4v) is 5.44. The van der Waals surface area contributed by atoms with Gasteiger partial charge in [0.15, 0.2) is 5.65 Å². The molecule has 2 fully saturated rings. The number of fused-ring (bicyclic) bond motifs is 2. The Morgan fingerprint density at radius 1 is 1.03 bits per heavy atom. The number of imidazole rings is 1. The first-order valence-corrected chi connectivity index (χ1v) is 12.3. The van der Waals surface area contributed by atoms with Crippen LogP contribution in [0, 0.1) is 0 Å². The number of benzene rings is 2. The normalized spacial score (nSPS) is 20.7. The van der Waals surface area contributed by atoms with Crippen molar-refractivity contribution < 1.29 is 14.4 Å². The summed E-state index contributed by atoms with van der Waals surface area (Å²) in [7, 11) is 0. The van der Waals surface area contributed by atoms with Crippen LogP contribution in [-0.2, 0) is 15.1 Å². The van der Waals surface area contributed by atoms with Crippen molar-refractivity contribution >= 4 is 39.8 Å². The number of urea groups is 1. The lowest BCUT2D eigenvalue weighted by atomic mass is 9.90. The van der Waals surface area contributed by atoms with E-state index in [0.29, 0.717) is 42.7 Å². The summed E-state index contributed by atoms with van der Waals surface area (Å²) in [6.45, 7) is 2.18. The maximum absolute atomic E-state index is 13.4. The molecule has 0 saturated carbocycles. The zero-order valence-electron chi connectivity index (χ0n) is 20.3. The van der Waals surface area contributed by atoms with Gasteiger partial charge >= 0.3 is 11.7 Å². The van der Waals surface area contributed by atoms with E-state index in [0.717, 1.165) is 15.7 Å². The van der Waals surface area contributed by atoms with Crippen molar-refractivity contribution in [3.63, 3.8) is 0 Å². The Labute approximate surface area is 211 Å². The van der Waals surface area contributed by atoms with Gasteiger partial charge in [0, 0.05) is 25.3 Å². The highest BCUT2D eigenvalue weighted by Gasteiger charge is 2.49. The van der Waals surface area contributed by atoms with Crippen LogP contribution in [0.15, 0.2) is 65.6 Å². The molecule has 6 rings (SSSR count). The molecule has 2 saturated heterocycles. The maximum atomic E-state index is 13.4. The summed E-state index contributed by atoms with van der Waals surface area (Å²) >= 11 is 0. The lowest BCUT2D eigenvalue weighted by Gasteiger charge is -2.33. The molecular weight excluding hydrogens is 472 g/mol. The Bertz CT molecular complexity index is 1620. The largest absolute Gasteiger partial charge is 0.341 e. The number of imide groups is 1. The van der Waals surface area contributed by atoms with E-state index in [1.165, 1.54) is 0 Å². The summed E-state index contributed by atoms with van der Waals surface area (Å²) in [6.07, 6.45) is 2.79. The highest BCUT2D eigenvalue weighted by Crippen LogP contribution is 2.31. The molecule has 1 atom stereocenters. The molecule has 0 radical (unpaired) electrons. The van der Waals surface area contributed by atoms with E-state index in [1.807, 2.05) is 48.5 Å². The lowest BCUT2D eigenvalue weighted by molar-refractivity contribution is -0.139. The average molecular weight is 499 g/mol. The smallest absolute Gasteiger partial charge is 0.327 e. The third-order valence-corrected chi connectivity index (χ3v) is 7.55. The number of carbonyl (C=O) groups excluding carboxylic acids is 3. The van der Waals surface area contributed by atoms with Gasteiger partial charge in [-0.05, 0) is 54.3 Å². The van der Waals surface area contributed by atoms with Crippen LogP contribution >= 0.6 is 0 Å². The second kappa shape index (κ2) is 8.58. The maximum Gasteiger partial charge on any atom is 0.327 e. The summed E-state index contributed by atoms with van der Waals surface area (Å²) < 4.78 is 1.66. The van der Waals surface area contributed by atoms with Crippen LogP contribution < -0.4 is 11.0 Å². The number of hydrogen-bond donors (Lipinski definition) is 2. The summed E-state index contributed by atoms with van der Waals surface area (Å²) in [5.41, 5.74) is 0.477. The summed E-state index contributed by atoms with van der Waals surface area (Å²) in [4.78, 5) is 61.6. The molecule has 0 spiro atoms. The molecule has 2 aliphatic heterocycles. The number of likely N-dealkylation sites (tertiary alicyclic amines) is 1. The Morgan fingerprint density at radius 3 is 2.57 bits per heavy atom. The summed E-state index contributed by atoms with van der Waals surface area (Å²) in [6, 6.07) is 16.3. The van der Waals surface area contributed by atoms with Gasteiger partial charge in [-0.25, -0.2) is 14.6 Å². The molecule has 37 heavy (non-hydrogen) atoms. The number of piperidine rings is 1. The second-order valence-corrected chi connectivity index (χ2v) is 9.80. The zero-order chi connectivity index (χ0) is 25.7. The van der Waals surface area contributed by atoms with Crippen LogP contribution in [0.2, 0.25) is 0 Å². The van der Waals surface area contributed by atoms with Crippen LogP contribution in [0.4, 0.5) is 4.79 Å². The van der Waals surface area contributed by atoms with E-state index in [-0.39, 0.29) is 24.2 Å².